The number of carboxylic acids is 1. The second-order valence-electron chi connectivity index (χ2n) is 11.0. The molecule has 194 valence electrons. The van der Waals surface area contributed by atoms with Crippen LogP contribution < -0.4 is 0 Å². The number of aliphatic carboxylic acids is 1. The van der Waals surface area contributed by atoms with Crippen molar-refractivity contribution in [2.24, 2.45) is 16.5 Å². The molecule has 0 unspecified atom stereocenters. The summed E-state index contributed by atoms with van der Waals surface area (Å²) in [6.07, 6.45) is -0.573. The van der Waals surface area contributed by atoms with Crippen molar-refractivity contribution in [2.75, 3.05) is 7.11 Å². The molecule has 0 aliphatic heterocycles. The van der Waals surface area contributed by atoms with Gasteiger partial charge < -0.3 is 9.94 Å². The van der Waals surface area contributed by atoms with Crippen molar-refractivity contribution in [3.05, 3.63) is 69.8 Å². The van der Waals surface area contributed by atoms with Gasteiger partial charge in [-0.3, -0.25) is 4.79 Å². The number of aryl methyl sites for hydroxylation is 1. The van der Waals surface area contributed by atoms with Gasteiger partial charge in [-0.15, -0.1) is 0 Å². The first-order valence-electron chi connectivity index (χ1n) is 12.5. The monoisotopic (exact) mass is 501 g/mol. The molecule has 7 heteroatoms. The Morgan fingerprint density at radius 3 is 2.50 bits per heavy atom. The van der Waals surface area contributed by atoms with Gasteiger partial charge in [0, 0.05) is 11.1 Å². The van der Waals surface area contributed by atoms with Gasteiger partial charge in [-0.1, -0.05) is 50.5 Å². The third-order valence-corrected chi connectivity index (χ3v) is 8.54. The molecule has 4 nitrogen and oxygen atoms in total. The number of carboxylic acid groups (broad SMARTS) is 1. The highest BCUT2D eigenvalue weighted by Gasteiger charge is 2.55. The zero-order chi connectivity index (χ0) is 26.5. The van der Waals surface area contributed by atoms with Crippen LogP contribution >= 0.6 is 0 Å². The Kier molecular flexibility index (Phi) is 6.73. The second-order valence-corrected chi connectivity index (χ2v) is 11.0. The normalized spacial score (nSPS) is 26.4. The molecule has 0 amide bonds. The molecule has 1 N–H and O–H groups in total. The van der Waals surface area contributed by atoms with Crippen molar-refractivity contribution in [2.45, 2.75) is 77.3 Å². The lowest BCUT2D eigenvalue weighted by Gasteiger charge is -2.53. The maximum atomic E-state index is 13.5. The molecule has 2 aliphatic carbocycles. The van der Waals surface area contributed by atoms with Crippen LogP contribution in [0.5, 0.6) is 0 Å². The summed E-state index contributed by atoms with van der Waals surface area (Å²) in [5.41, 5.74) is 2.75. The van der Waals surface area contributed by atoms with Gasteiger partial charge in [-0.2, -0.15) is 13.2 Å². The number of hydrogen-bond donors (Lipinski definition) is 1. The number of benzene rings is 2. The van der Waals surface area contributed by atoms with Gasteiger partial charge in [0.25, 0.3) is 0 Å². The molecule has 1 fully saturated rings. The predicted molar refractivity (Wildman–Crippen MR) is 133 cm³/mol. The Morgan fingerprint density at radius 2 is 1.89 bits per heavy atom. The van der Waals surface area contributed by atoms with Crippen LogP contribution in [0.15, 0.2) is 41.6 Å². The quantitative estimate of drug-likeness (QED) is 0.345. The van der Waals surface area contributed by atoms with Crippen LogP contribution in [-0.2, 0) is 27.6 Å². The van der Waals surface area contributed by atoms with Crippen molar-refractivity contribution in [1.82, 2.24) is 0 Å². The van der Waals surface area contributed by atoms with E-state index in [2.05, 4.69) is 38.1 Å². The molecule has 2 aromatic carbocycles. The minimum absolute atomic E-state index is 0.0297. The topological polar surface area (TPSA) is 58.9 Å². The molecule has 0 spiro atoms. The van der Waals surface area contributed by atoms with Crippen LogP contribution in [0.2, 0.25) is 0 Å². The number of alkyl halides is 3. The summed E-state index contributed by atoms with van der Waals surface area (Å²) in [5, 5.41) is 14.4. The van der Waals surface area contributed by atoms with Crippen LogP contribution in [0.4, 0.5) is 13.2 Å². The maximum Gasteiger partial charge on any atom is 0.416 e. The summed E-state index contributed by atoms with van der Waals surface area (Å²) in [4.78, 5) is 17.5. The molecule has 4 rings (SSSR count). The average Bonchev–Trinajstić information content (AvgIpc) is 2.81. The maximum absolute atomic E-state index is 13.5. The summed E-state index contributed by atoms with van der Waals surface area (Å²) < 4.78 is 40.5. The van der Waals surface area contributed by atoms with Gasteiger partial charge >= 0.3 is 12.1 Å². The Labute approximate surface area is 210 Å². The Morgan fingerprint density at radius 1 is 1.17 bits per heavy atom. The lowest BCUT2D eigenvalue weighted by Crippen LogP contribution is -2.52. The van der Waals surface area contributed by atoms with E-state index in [9.17, 15) is 23.1 Å². The lowest BCUT2D eigenvalue weighted by molar-refractivity contribution is -0.157. The van der Waals surface area contributed by atoms with Gasteiger partial charge in [-0.05, 0) is 84.7 Å². The molecule has 0 radical (unpaired) electrons. The van der Waals surface area contributed by atoms with Gasteiger partial charge in [0.05, 0.1) is 11.0 Å². The summed E-state index contributed by atoms with van der Waals surface area (Å²) in [6, 6.07) is 9.36. The third kappa shape index (κ3) is 4.31. The lowest BCUT2D eigenvalue weighted by atomic mass is 9.49. The fourth-order valence-electron chi connectivity index (χ4n) is 6.67. The van der Waals surface area contributed by atoms with Crippen LogP contribution in [0.1, 0.15) is 92.7 Å². The number of rotatable bonds is 5. The zero-order valence-electron chi connectivity index (χ0n) is 21.5. The van der Waals surface area contributed by atoms with E-state index in [1.165, 1.54) is 18.7 Å². The number of oxime groups is 1. The zero-order valence-corrected chi connectivity index (χ0v) is 21.5. The Hall–Kier alpha value is -2.83. The SMILES string of the molecule is CON=C(c1cccc(C(F)(F)F)c1)c1cc2c(cc1C(C)C)CC[C@H]1[C@](C)(C(=O)O)CCC[C@]21C. The molecule has 0 aromatic heterocycles. The number of hydrogen-bond acceptors (Lipinski definition) is 3. The number of halogens is 3. The Bertz CT molecular complexity index is 1200. The van der Waals surface area contributed by atoms with Gasteiger partial charge in [-0.25, -0.2) is 0 Å². The van der Waals surface area contributed by atoms with E-state index in [0.717, 1.165) is 54.5 Å². The second kappa shape index (κ2) is 9.24. The Balaban J connectivity index is 1.93. The van der Waals surface area contributed by atoms with E-state index >= 15 is 0 Å². The highest BCUT2D eigenvalue weighted by Crippen LogP contribution is 2.57. The van der Waals surface area contributed by atoms with Crippen LogP contribution in [-0.4, -0.2) is 23.9 Å². The number of fused-ring (bicyclic) bond motifs is 3. The minimum atomic E-state index is -4.48. The van der Waals surface area contributed by atoms with E-state index in [-0.39, 0.29) is 17.3 Å². The van der Waals surface area contributed by atoms with Gasteiger partial charge in [0.2, 0.25) is 0 Å². The molecule has 0 heterocycles. The molecule has 0 saturated heterocycles. The van der Waals surface area contributed by atoms with E-state index in [1.807, 2.05) is 6.92 Å². The predicted octanol–water partition coefficient (Wildman–Crippen LogP) is 7.32. The number of nitrogens with zero attached hydrogens (tertiary/aromatic N) is 1. The molecule has 36 heavy (non-hydrogen) atoms. The minimum Gasteiger partial charge on any atom is -0.481 e. The fourth-order valence-corrected chi connectivity index (χ4v) is 6.67. The highest BCUT2D eigenvalue weighted by molar-refractivity contribution is 6.14. The molecule has 1 saturated carbocycles. The molecule has 0 bridgehead atoms. The summed E-state index contributed by atoms with van der Waals surface area (Å²) in [7, 11) is 1.39. The van der Waals surface area contributed by atoms with Crippen molar-refractivity contribution in [3.8, 4) is 0 Å². The van der Waals surface area contributed by atoms with Crippen LogP contribution in [0.25, 0.3) is 0 Å². The molecular weight excluding hydrogens is 467 g/mol. The van der Waals surface area contributed by atoms with E-state index in [4.69, 9.17) is 4.84 Å². The number of carbonyl (C=O) groups is 1. The smallest absolute Gasteiger partial charge is 0.416 e. The molecule has 2 aliphatic rings. The highest BCUT2D eigenvalue weighted by atomic mass is 19.4. The summed E-state index contributed by atoms with van der Waals surface area (Å²) >= 11 is 0. The van der Waals surface area contributed by atoms with Gasteiger partial charge in [0.15, 0.2) is 0 Å². The fraction of sp³-hybridized carbons (Fsp3) is 0.517. The largest absolute Gasteiger partial charge is 0.481 e. The third-order valence-electron chi connectivity index (χ3n) is 8.54. The van der Waals surface area contributed by atoms with E-state index in [0.29, 0.717) is 17.7 Å². The van der Waals surface area contributed by atoms with Gasteiger partial charge in [0.1, 0.15) is 12.8 Å². The van der Waals surface area contributed by atoms with Crippen LogP contribution in [0.3, 0.4) is 0 Å². The van der Waals surface area contributed by atoms with Crippen molar-refractivity contribution in [3.63, 3.8) is 0 Å². The molecule has 2 aromatic rings. The first kappa shape index (κ1) is 26.2. The first-order chi connectivity index (χ1) is 16.8. The average molecular weight is 502 g/mol. The molecular formula is C29H34F3NO3. The van der Waals surface area contributed by atoms with E-state index in [1.54, 1.807) is 6.07 Å². The first-order valence-corrected chi connectivity index (χ1v) is 12.5. The van der Waals surface area contributed by atoms with Crippen molar-refractivity contribution in [1.29, 1.82) is 0 Å². The van der Waals surface area contributed by atoms with E-state index < -0.39 is 23.1 Å². The summed E-state index contributed by atoms with van der Waals surface area (Å²) in [6.45, 7) is 8.13. The standard InChI is InChI=1S/C29H34F3NO3/c1-17(2)21-15-18-10-11-24-27(3,12-7-13-28(24,4)26(34)35)23(18)16-22(21)25(33-36-5)19-8-6-9-20(14-19)29(30,31)32/h6,8-9,14-17,24H,7,10-13H2,1-5H3,(H,34,35)/t24-,27-,28-/m1/s1. The van der Waals surface area contributed by atoms with Crippen molar-refractivity contribution >= 4 is 11.7 Å². The van der Waals surface area contributed by atoms with Crippen LogP contribution in [0, 0.1) is 11.3 Å². The molecule has 3 atom stereocenters. The summed E-state index contributed by atoms with van der Waals surface area (Å²) in [5.74, 6) is -0.691. The van der Waals surface area contributed by atoms with Crippen molar-refractivity contribution < 1.29 is 27.9 Å².